The Hall–Kier alpha value is -3.01. The first-order chi connectivity index (χ1) is 12.1. The van der Waals surface area contributed by atoms with Crippen molar-refractivity contribution in [2.75, 3.05) is 0 Å². The van der Waals surface area contributed by atoms with Crippen LogP contribution in [0, 0.1) is 12.3 Å². The van der Waals surface area contributed by atoms with E-state index < -0.39 is 35.7 Å². The summed E-state index contributed by atoms with van der Waals surface area (Å²) in [6, 6.07) is 6.79. The first-order valence-corrected chi connectivity index (χ1v) is 8.12. The smallest absolute Gasteiger partial charge is 0.408 e. The van der Waals surface area contributed by atoms with Crippen molar-refractivity contribution in [1.29, 1.82) is 0 Å². The van der Waals surface area contributed by atoms with E-state index in [1.807, 2.05) is 6.07 Å². The molecule has 26 heavy (non-hydrogen) atoms. The number of ether oxygens (including phenoxy) is 1. The third-order valence-electron chi connectivity index (χ3n) is 3.23. The fourth-order valence-electron chi connectivity index (χ4n) is 2.10. The number of hydrogen-bond donors (Lipinski definition) is 3. The number of carboxylic acids is 1. The Morgan fingerprint density at radius 3 is 2.27 bits per heavy atom. The van der Waals surface area contributed by atoms with E-state index in [0.29, 0.717) is 0 Å². The van der Waals surface area contributed by atoms with Gasteiger partial charge in [0.05, 0.1) is 0 Å². The van der Waals surface area contributed by atoms with Crippen LogP contribution in [-0.2, 0) is 20.7 Å². The molecule has 3 N–H and O–H groups in total. The van der Waals surface area contributed by atoms with Crippen molar-refractivity contribution in [2.45, 2.75) is 51.3 Å². The van der Waals surface area contributed by atoms with Crippen LogP contribution >= 0.6 is 0 Å². The molecule has 140 valence electrons. The van der Waals surface area contributed by atoms with Crippen LogP contribution in [0.1, 0.15) is 32.8 Å². The van der Waals surface area contributed by atoms with Crippen LogP contribution < -0.4 is 10.6 Å². The summed E-state index contributed by atoms with van der Waals surface area (Å²) in [5.74, 6) is 0.313. The highest BCUT2D eigenvalue weighted by Gasteiger charge is 2.28. The van der Waals surface area contributed by atoms with Crippen molar-refractivity contribution in [1.82, 2.24) is 10.6 Å². The molecule has 0 aromatic heterocycles. The number of terminal acetylenes is 1. The summed E-state index contributed by atoms with van der Waals surface area (Å²) in [5.41, 5.74) is 0.0674. The molecular weight excluding hydrogens is 336 g/mol. The van der Waals surface area contributed by atoms with Crippen LogP contribution in [0.3, 0.4) is 0 Å². The molecule has 7 heteroatoms. The highest BCUT2D eigenvalue weighted by atomic mass is 16.6. The second-order valence-electron chi connectivity index (χ2n) is 6.70. The molecule has 2 unspecified atom stereocenters. The lowest BCUT2D eigenvalue weighted by Crippen LogP contribution is -2.53. The summed E-state index contributed by atoms with van der Waals surface area (Å²) < 4.78 is 5.18. The summed E-state index contributed by atoms with van der Waals surface area (Å²) in [4.78, 5) is 35.8. The average molecular weight is 360 g/mol. The van der Waals surface area contributed by atoms with Gasteiger partial charge in [0.15, 0.2) is 0 Å². The summed E-state index contributed by atoms with van der Waals surface area (Å²) in [6.45, 7) is 5.10. The second-order valence-corrected chi connectivity index (χ2v) is 6.70. The molecule has 0 bridgehead atoms. The normalized spacial score (nSPS) is 13.0. The summed E-state index contributed by atoms with van der Waals surface area (Å²) >= 11 is 0. The predicted octanol–water partition coefficient (Wildman–Crippen LogP) is 1.72. The van der Waals surface area contributed by atoms with E-state index in [1.54, 1.807) is 45.0 Å². The fourth-order valence-corrected chi connectivity index (χ4v) is 2.10. The van der Waals surface area contributed by atoms with Gasteiger partial charge in [0.25, 0.3) is 0 Å². The van der Waals surface area contributed by atoms with Crippen LogP contribution in [0.4, 0.5) is 4.79 Å². The molecule has 0 aliphatic carbocycles. The Balaban J connectivity index is 2.91. The number of amides is 2. The van der Waals surface area contributed by atoms with E-state index in [9.17, 15) is 14.4 Å². The minimum Gasteiger partial charge on any atom is -0.480 e. The van der Waals surface area contributed by atoms with Crippen molar-refractivity contribution in [3.63, 3.8) is 0 Å². The third-order valence-corrected chi connectivity index (χ3v) is 3.23. The number of carboxylic acid groups (broad SMARTS) is 1. The standard InChI is InChI=1S/C19H24N2O5/c1-5-9-14(17(23)24)20-16(22)15(12-13-10-7-6-8-11-13)21-18(25)26-19(2,3)4/h1,6-8,10-11,14-15H,9,12H2,2-4H3,(H,20,22)(H,21,25)(H,23,24). The highest BCUT2D eigenvalue weighted by molar-refractivity contribution is 5.89. The number of aliphatic carboxylic acids is 1. The topological polar surface area (TPSA) is 105 Å². The molecule has 0 fully saturated rings. The number of carbonyl (C=O) groups is 3. The number of hydrogen-bond acceptors (Lipinski definition) is 4. The van der Waals surface area contributed by atoms with Gasteiger partial charge in [-0.2, -0.15) is 0 Å². The monoisotopic (exact) mass is 360 g/mol. The van der Waals surface area contributed by atoms with Crippen LogP contribution in [-0.4, -0.2) is 40.8 Å². The van der Waals surface area contributed by atoms with Crippen molar-refractivity contribution in [3.8, 4) is 12.3 Å². The summed E-state index contributed by atoms with van der Waals surface area (Å²) in [5, 5.41) is 14.0. The average Bonchev–Trinajstić information content (AvgIpc) is 2.52. The minimum absolute atomic E-state index is 0.161. The molecule has 0 aliphatic heterocycles. The lowest BCUT2D eigenvalue weighted by molar-refractivity contribution is -0.141. The largest absolute Gasteiger partial charge is 0.480 e. The zero-order chi connectivity index (χ0) is 19.7. The van der Waals surface area contributed by atoms with Crippen LogP contribution in [0.2, 0.25) is 0 Å². The van der Waals surface area contributed by atoms with E-state index in [1.165, 1.54) is 0 Å². The summed E-state index contributed by atoms with van der Waals surface area (Å²) in [7, 11) is 0. The van der Waals surface area contributed by atoms with Crippen LogP contribution in [0.25, 0.3) is 0 Å². The van der Waals surface area contributed by atoms with Gasteiger partial charge in [0.2, 0.25) is 5.91 Å². The molecule has 0 spiro atoms. The molecule has 0 saturated carbocycles. The molecule has 0 radical (unpaired) electrons. The Labute approximate surface area is 153 Å². The lowest BCUT2D eigenvalue weighted by Gasteiger charge is -2.24. The molecule has 7 nitrogen and oxygen atoms in total. The van der Waals surface area contributed by atoms with Gasteiger partial charge in [-0.3, -0.25) is 4.79 Å². The number of carbonyl (C=O) groups excluding carboxylic acids is 2. The SMILES string of the molecule is C#CCC(NC(=O)C(Cc1ccccc1)NC(=O)OC(C)(C)C)C(=O)O. The van der Waals surface area contributed by atoms with Crippen molar-refractivity contribution >= 4 is 18.0 Å². The van der Waals surface area contributed by atoms with E-state index in [-0.39, 0.29) is 12.8 Å². The van der Waals surface area contributed by atoms with Gasteiger partial charge in [-0.15, -0.1) is 12.3 Å². The Bertz CT molecular complexity index is 673. The van der Waals surface area contributed by atoms with Gasteiger partial charge in [-0.05, 0) is 26.3 Å². The maximum Gasteiger partial charge on any atom is 0.408 e. The maximum absolute atomic E-state index is 12.5. The Morgan fingerprint density at radius 2 is 1.77 bits per heavy atom. The second kappa shape index (κ2) is 9.47. The molecule has 1 rings (SSSR count). The molecular formula is C19H24N2O5. The van der Waals surface area contributed by atoms with Crippen LogP contribution in [0.5, 0.6) is 0 Å². The number of nitrogens with one attached hydrogen (secondary N) is 2. The van der Waals surface area contributed by atoms with Crippen LogP contribution in [0.15, 0.2) is 30.3 Å². The molecule has 1 aromatic rings. The molecule has 0 heterocycles. The molecule has 0 aliphatic rings. The van der Waals surface area contributed by atoms with E-state index in [0.717, 1.165) is 5.56 Å². The third kappa shape index (κ3) is 7.71. The van der Waals surface area contributed by atoms with E-state index in [4.69, 9.17) is 16.3 Å². The minimum atomic E-state index is -1.24. The number of alkyl carbamates (subject to hydrolysis) is 1. The van der Waals surface area contributed by atoms with Gasteiger partial charge in [-0.25, -0.2) is 9.59 Å². The maximum atomic E-state index is 12.5. The molecule has 2 atom stereocenters. The quantitative estimate of drug-likeness (QED) is 0.642. The van der Waals surface area contributed by atoms with Crippen molar-refractivity contribution in [3.05, 3.63) is 35.9 Å². The number of rotatable bonds is 7. The van der Waals surface area contributed by atoms with Gasteiger partial charge < -0.3 is 20.5 Å². The zero-order valence-electron chi connectivity index (χ0n) is 15.1. The van der Waals surface area contributed by atoms with Crippen molar-refractivity contribution in [2.24, 2.45) is 0 Å². The Kier molecular flexibility index (Phi) is 7.66. The first kappa shape index (κ1) is 21.0. The fraction of sp³-hybridized carbons (Fsp3) is 0.421. The van der Waals surface area contributed by atoms with E-state index >= 15 is 0 Å². The summed E-state index contributed by atoms with van der Waals surface area (Å²) in [6.07, 6.45) is 4.39. The first-order valence-electron chi connectivity index (χ1n) is 8.12. The predicted molar refractivity (Wildman–Crippen MR) is 96.3 cm³/mol. The van der Waals surface area contributed by atoms with Crippen molar-refractivity contribution < 1.29 is 24.2 Å². The molecule has 1 aromatic carbocycles. The van der Waals surface area contributed by atoms with Gasteiger partial charge in [0.1, 0.15) is 17.7 Å². The highest BCUT2D eigenvalue weighted by Crippen LogP contribution is 2.09. The molecule has 2 amide bonds. The lowest BCUT2D eigenvalue weighted by atomic mass is 10.0. The zero-order valence-corrected chi connectivity index (χ0v) is 15.1. The number of benzene rings is 1. The van der Waals surface area contributed by atoms with Gasteiger partial charge >= 0.3 is 12.1 Å². The Morgan fingerprint density at radius 1 is 1.15 bits per heavy atom. The van der Waals surface area contributed by atoms with E-state index in [2.05, 4.69) is 16.6 Å². The van der Waals surface area contributed by atoms with Gasteiger partial charge in [-0.1, -0.05) is 30.3 Å². The molecule has 0 saturated heterocycles. The van der Waals surface area contributed by atoms with Gasteiger partial charge in [0, 0.05) is 12.8 Å².